The van der Waals surface area contributed by atoms with Crippen LogP contribution in [0.25, 0.3) is 10.3 Å². The number of pyridine rings is 1. The van der Waals surface area contributed by atoms with E-state index in [1.54, 1.807) is 38.9 Å². The molecule has 0 aliphatic carbocycles. The van der Waals surface area contributed by atoms with E-state index in [1.807, 2.05) is 48.5 Å². The van der Waals surface area contributed by atoms with Crippen molar-refractivity contribution < 1.29 is 14.2 Å². The second-order valence-corrected chi connectivity index (χ2v) is 7.26. The minimum Gasteiger partial charge on any atom is -0.497 e. The van der Waals surface area contributed by atoms with E-state index in [0.717, 1.165) is 38.2 Å². The molecule has 0 saturated heterocycles. The Labute approximate surface area is 185 Å². The Morgan fingerprint density at radius 3 is 2.43 bits per heavy atom. The van der Waals surface area contributed by atoms with Crippen molar-refractivity contribution in [3.8, 4) is 17.2 Å². The van der Waals surface area contributed by atoms with Crippen LogP contribution in [0.15, 0.2) is 60.8 Å². The van der Waals surface area contributed by atoms with Gasteiger partial charge in [0, 0.05) is 12.3 Å². The second kappa shape index (κ2) is 9.65. The van der Waals surface area contributed by atoms with Crippen molar-refractivity contribution in [3.05, 3.63) is 66.4 Å². The number of methoxy groups -OCH3 is 3. The molecule has 4 aromatic rings. The third-order valence-electron chi connectivity index (χ3n) is 4.54. The number of ether oxygens (including phenoxy) is 3. The standard InChI is InChI=1S/C22H21N3O3S.ClH/c1-26-16-7-4-6-15(12-16)14-25(19-10-9-17(27-2)13-20(19)28-3)22-24-18-8-5-11-23-21(18)29-22;/h4-13H,14H2,1-3H3;1H. The summed E-state index contributed by atoms with van der Waals surface area (Å²) in [4.78, 5) is 12.3. The highest BCUT2D eigenvalue weighted by Gasteiger charge is 2.20. The Bertz CT molecular complexity index is 1100. The normalized spacial score (nSPS) is 10.4. The fourth-order valence-corrected chi connectivity index (χ4v) is 4.01. The van der Waals surface area contributed by atoms with Crippen molar-refractivity contribution in [2.75, 3.05) is 26.2 Å². The van der Waals surface area contributed by atoms with E-state index < -0.39 is 0 Å². The van der Waals surface area contributed by atoms with E-state index >= 15 is 0 Å². The van der Waals surface area contributed by atoms with Crippen LogP contribution < -0.4 is 19.1 Å². The van der Waals surface area contributed by atoms with Gasteiger partial charge in [-0.05, 0) is 42.0 Å². The van der Waals surface area contributed by atoms with Crippen LogP contribution in [0.5, 0.6) is 17.2 Å². The molecule has 2 aromatic heterocycles. The van der Waals surface area contributed by atoms with Crippen molar-refractivity contribution >= 4 is 44.9 Å². The van der Waals surface area contributed by atoms with Gasteiger partial charge >= 0.3 is 0 Å². The smallest absolute Gasteiger partial charge is 0.192 e. The van der Waals surface area contributed by atoms with E-state index in [1.165, 1.54) is 0 Å². The fourth-order valence-electron chi connectivity index (χ4n) is 3.09. The molecule has 0 aliphatic rings. The number of benzene rings is 2. The summed E-state index contributed by atoms with van der Waals surface area (Å²) in [5.41, 5.74) is 2.86. The molecule has 4 rings (SSSR count). The summed E-state index contributed by atoms with van der Waals surface area (Å²) in [6.45, 7) is 0.597. The highest BCUT2D eigenvalue weighted by atomic mass is 35.5. The van der Waals surface area contributed by atoms with E-state index in [0.29, 0.717) is 12.3 Å². The number of aromatic nitrogens is 2. The number of halogens is 1. The number of hydrogen-bond donors (Lipinski definition) is 0. The molecular formula is C22H22ClN3O3S. The van der Waals surface area contributed by atoms with Gasteiger partial charge in [0.1, 0.15) is 27.6 Å². The Morgan fingerprint density at radius 1 is 0.900 bits per heavy atom. The summed E-state index contributed by atoms with van der Waals surface area (Å²) < 4.78 is 16.4. The molecule has 0 unspecified atom stereocenters. The van der Waals surface area contributed by atoms with Gasteiger partial charge < -0.3 is 19.1 Å². The lowest BCUT2D eigenvalue weighted by molar-refractivity contribution is 0.394. The van der Waals surface area contributed by atoms with Gasteiger partial charge in [-0.1, -0.05) is 23.5 Å². The van der Waals surface area contributed by atoms with Crippen LogP contribution in [0.4, 0.5) is 10.8 Å². The average Bonchev–Trinajstić information content (AvgIpc) is 3.21. The van der Waals surface area contributed by atoms with E-state index in [9.17, 15) is 0 Å². The molecule has 6 nitrogen and oxygen atoms in total. The summed E-state index contributed by atoms with van der Waals surface area (Å²) >= 11 is 1.54. The minimum atomic E-state index is 0. The summed E-state index contributed by atoms with van der Waals surface area (Å²) in [5, 5.41) is 0.838. The van der Waals surface area contributed by atoms with Crippen LogP contribution in [0.3, 0.4) is 0 Å². The van der Waals surface area contributed by atoms with Crippen molar-refractivity contribution in [3.63, 3.8) is 0 Å². The molecule has 2 aromatic carbocycles. The first-order valence-electron chi connectivity index (χ1n) is 9.06. The van der Waals surface area contributed by atoms with Crippen molar-refractivity contribution in [2.45, 2.75) is 6.54 Å². The first kappa shape index (κ1) is 21.7. The van der Waals surface area contributed by atoms with Crippen LogP contribution in [-0.2, 0) is 6.54 Å². The maximum absolute atomic E-state index is 5.66. The SMILES string of the molecule is COc1cccc(CN(c2nc3cccnc3s2)c2ccc(OC)cc2OC)c1.Cl. The third kappa shape index (κ3) is 4.42. The first-order chi connectivity index (χ1) is 14.2. The van der Waals surface area contributed by atoms with Crippen LogP contribution in [0.1, 0.15) is 5.56 Å². The van der Waals surface area contributed by atoms with Crippen molar-refractivity contribution in [1.82, 2.24) is 9.97 Å². The van der Waals surface area contributed by atoms with Crippen LogP contribution in [0.2, 0.25) is 0 Å². The molecule has 0 N–H and O–H groups in total. The first-order valence-corrected chi connectivity index (χ1v) is 9.87. The summed E-state index contributed by atoms with van der Waals surface area (Å²) in [5.74, 6) is 2.26. The molecular weight excluding hydrogens is 422 g/mol. The van der Waals surface area contributed by atoms with E-state index in [4.69, 9.17) is 19.2 Å². The second-order valence-electron chi connectivity index (χ2n) is 6.30. The van der Waals surface area contributed by atoms with E-state index in [2.05, 4.69) is 16.0 Å². The molecule has 0 atom stereocenters. The quantitative estimate of drug-likeness (QED) is 0.377. The zero-order valence-electron chi connectivity index (χ0n) is 16.9. The summed E-state index contributed by atoms with van der Waals surface area (Å²) in [6.07, 6.45) is 1.78. The lowest BCUT2D eigenvalue weighted by atomic mass is 10.2. The Balaban J connectivity index is 0.00000256. The van der Waals surface area contributed by atoms with Gasteiger partial charge in [-0.15, -0.1) is 12.4 Å². The van der Waals surface area contributed by atoms with E-state index in [-0.39, 0.29) is 12.4 Å². The number of thiazole rings is 1. The zero-order valence-corrected chi connectivity index (χ0v) is 18.5. The number of nitrogens with zero attached hydrogens (tertiary/aromatic N) is 3. The molecule has 2 heterocycles. The molecule has 0 radical (unpaired) electrons. The average molecular weight is 444 g/mol. The van der Waals surface area contributed by atoms with Gasteiger partial charge in [0.25, 0.3) is 0 Å². The highest BCUT2D eigenvalue weighted by Crippen LogP contribution is 2.40. The van der Waals surface area contributed by atoms with Crippen LogP contribution in [0, 0.1) is 0 Å². The van der Waals surface area contributed by atoms with Crippen molar-refractivity contribution in [1.29, 1.82) is 0 Å². The van der Waals surface area contributed by atoms with Crippen molar-refractivity contribution in [2.24, 2.45) is 0 Å². The Kier molecular flexibility index (Phi) is 6.97. The van der Waals surface area contributed by atoms with Gasteiger partial charge in [0.15, 0.2) is 5.13 Å². The Hall–Kier alpha value is -3.03. The molecule has 0 aliphatic heterocycles. The molecule has 0 bridgehead atoms. The molecule has 30 heavy (non-hydrogen) atoms. The highest BCUT2D eigenvalue weighted by molar-refractivity contribution is 7.21. The molecule has 0 spiro atoms. The van der Waals surface area contributed by atoms with Gasteiger partial charge in [-0.25, -0.2) is 9.97 Å². The predicted molar refractivity (Wildman–Crippen MR) is 123 cm³/mol. The van der Waals surface area contributed by atoms with Gasteiger partial charge in [0.2, 0.25) is 0 Å². The minimum absolute atomic E-state index is 0. The molecule has 0 amide bonds. The maximum atomic E-state index is 5.66. The number of anilines is 2. The summed E-state index contributed by atoms with van der Waals surface area (Å²) in [7, 11) is 4.96. The zero-order chi connectivity index (χ0) is 20.2. The maximum Gasteiger partial charge on any atom is 0.192 e. The molecule has 0 fully saturated rings. The molecule has 0 saturated carbocycles. The topological polar surface area (TPSA) is 56.7 Å². The fraction of sp³-hybridized carbons (Fsp3) is 0.182. The third-order valence-corrected chi connectivity index (χ3v) is 5.54. The summed E-state index contributed by atoms with van der Waals surface area (Å²) in [6, 6.07) is 17.6. The predicted octanol–water partition coefficient (Wildman–Crippen LogP) is 5.48. The lowest BCUT2D eigenvalue weighted by Crippen LogP contribution is -2.17. The molecule has 8 heteroatoms. The van der Waals surface area contributed by atoms with Crippen LogP contribution in [-0.4, -0.2) is 31.3 Å². The number of hydrogen-bond acceptors (Lipinski definition) is 7. The molecule has 156 valence electrons. The monoisotopic (exact) mass is 443 g/mol. The Morgan fingerprint density at radius 2 is 1.70 bits per heavy atom. The van der Waals surface area contributed by atoms with Gasteiger partial charge in [-0.2, -0.15) is 0 Å². The largest absolute Gasteiger partial charge is 0.497 e. The number of fused-ring (bicyclic) bond motifs is 1. The van der Waals surface area contributed by atoms with Gasteiger partial charge in [0.05, 0.1) is 33.6 Å². The lowest BCUT2D eigenvalue weighted by Gasteiger charge is -2.24. The van der Waals surface area contributed by atoms with Crippen LogP contribution >= 0.6 is 23.7 Å². The number of rotatable bonds is 7. The van der Waals surface area contributed by atoms with Gasteiger partial charge in [-0.3, -0.25) is 0 Å².